The zero-order valence-corrected chi connectivity index (χ0v) is 10.2. The lowest BCUT2D eigenvalue weighted by atomic mass is 10.0. The molecule has 16 heavy (non-hydrogen) atoms. The minimum absolute atomic E-state index is 0.117. The Bertz CT molecular complexity index is 224. The maximum atomic E-state index is 11.2. The molecule has 0 aliphatic rings. The SMILES string of the molecule is C=C/C=C\[C@H](C)CCCC(=O)OCCCN. The Labute approximate surface area is 98.4 Å². The van der Waals surface area contributed by atoms with Crippen LogP contribution in [0, 0.1) is 5.92 Å². The van der Waals surface area contributed by atoms with Crippen LogP contribution in [0.4, 0.5) is 0 Å². The molecule has 0 bridgehead atoms. The third-order valence-electron chi connectivity index (χ3n) is 2.23. The highest BCUT2D eigenvalue weighted by molar-refractivity contribution is 5.69. The van der Waals surface area contributed by atoms with Crippen LogP contribution in [-0.2, 0) is 9.53 Å². The number of allylic oxidation sites excluding steroid dienone is 3. The molecule has 0 aromatic rings. The van der Waals surface area contributed by atoms with Gasteiger partial charge in [-0.05, 0) is 31.7 Å². The maximum Gasteiger partial charge on any atom is 0.305 e. The standard InChI is InChI=1S/C13H23NO2/c1-3-4-7-12(2)8-5-9-13(15)16-11-6-10-14/h3-4,7,12H,1,5-6,8-11,14H2,2H3/b7-4-/t12-/m0/s1. The average molecular weight is 225 g/mol. The molecular formula is C13H23NO2. The highest BCUT2D eigenvalue weighted by atomic mass is 16.5. The number of rotatable bonds is 9. The Morgan fingerprint density at radius 3 is 2.88 bits per heavy atom. The van der Waals surface area contributed by atoms with Crippen molar-refractivity contribution >= 4 is 5.97 Å². The first-order chi connectivity index (χ1) is 7.70. The van der Waals surface area contributed by atoms with Gasteiger partial charge in [0, 0.05) is 6.42 Å². The Hall–Kier alpha value is -1.09. The Morgan fingerprint density at radius 1 is 1.50 bits per heavy atom. The molecule has 0 saturated carbocycles. The molecule has 0 amide bonds. The largest absolute Gasteiger partial charge is 0.466 e. The summed E-state index contributed by atoms with van der Waals surface area (Å²) >= 11 is 0. The monoisotopic (exact) mass is 225 g/mol. The Balaban J connectivity index is 3.46. The molecule has 1 atom stereocenters. The fraction of sp³-hybridized carbons (Fsp3) is 0.615. The Morgan fingerprint density at radius 2 is 2.25 bits per heavy atom. The van der Waals surface area contributed by atoms with Crippen LogP contribution in [-0.4, -0.2) is 19.1 Å². The molecule has 3 heteroatoms. The van der Waals surface area contributed by atoms with Gasteiger partial charge in [0.2, 0.25) is 0 Å². The van der Waals surface area contributed by atoms with Gasteiger partial charge in [-0.3, -0.25) is 4.79 Å². The number of ether oxygens (including phenoxy) is 1. The highest BCUT2D eigenvalue weighted by Gasteiger charge is 2.03. The minimum atomic E-state index is -0.117. The molecule has 0 rings (SSSR count). The van der Waals surface area contributed by atoms with Crippen LogP contribution < -0.4 is 5.73 Å². The van der Waals surface area contributed by atoms with Crippen LogP contribution in [0.5, 0.6) is 0 Å². The fourth-order valence-corrected chi connectivity index (χ4v) is 1.27. The zero-order valence-electron chi connectivity index (χ0n) is 10.2. The number of hydrogen-bond acceptors (Lipinski definition) is 3. The molecule has 3 nitrogen and oxygen atoms in total. The van der Waals surface area contributed by atoms with E-state index in [9.17, 15) is 4.79 Å². The summed E-state index contributed by atoms with van der Waals surface area (Å²) in [5.41, 5.74) is 5.29. The molecule has 0 heterocycles. The summed E-state index contributed by atoms with van der Waals surface area (Å²) in [7, 11) is 0. The molecule has 0 aliphatic carbocycles. The van der Waals surface area contributed by atoms with E-state index in [4.69, 9.17) is 10.5 Å². The molecule has 0 aromatic carbocycles. The van der Waals surface area contributed by atoms with Crippen molar-refractivity contribution in [2.45, 2.75) is 32.6 Å². The summed E-state index contributed by atoms with van der Waals surface area (Å²) in [5.74, 6) is 0.364. The summed E-state index contributed by atoms with van der Waals surface area (Å²) in [5, 5.41) is 0. The van der Waals surface area contributed by atoms with Crippen LogP contribution in [0.3, 0.4) is 0 Å². The van der Waals surface area contributed by atoms with E-state index >= 15 is 0 Å². The molecule has 0 spiro atoms. The van der Waals surface area contributed by atoms with Crippen LogP contribution in [0.2, 0.25) is 0 Å². The quantitative estimate of drug-likeness (QED) is 0.372. The number of esters is 1. The zero-order chi connectivity index (χ0) is 12.2. The first-order valence-electron chi connectivity index (χ1n) is 5.85. The first kappa shape index (κ1) is 14.9. The third-order valence-corrected chi connectivity index (χ3v) is 2.23. The first-order valence-corrected chi connectivity index (χ1v) is 5.85. The van der Waals surface area contributed by atoms with Crippen molar-refractivity contribution in [3.8, 4) is 0 Å². The van der Waals surface area contributed by atoms with Crippen LogP contribution in [0.15, 0.2) is 24.8 Å². The van der Waals surface area contributed by atoms with Crippen molar-refractivity contribution < 1.29 is 9.53 Å². The maximum absolute atomic E-state index is 11.2. The molecule has 0 unspecified atom stereocenters. The van der Waals surface area contributed by atoms with Crippen molar-refractivity contribution in [2.24, 2.45) is 11.7 Å². The fourth-order valence-electron chi connectivity index (χ4n) is 1.27. The van der Waals surface area contributed by atoms with Gasteiger partial charge in [0.1, 0.15) is 0 Å². The normalized spacial score (nSPS) is 12.6. The third kappa shape index (κ3) is 9.46. The molecule has 0 radical (unpaired) electrons. The predicted molar refractivity (Wildman–Crippen MR) is 67.0 cm³/mol. The summed E-state index contributed by atoms with van der Waals surface area (Å²) in [6, 6.07) is 0. The van der Waals surface area contributed by atoms with E-state index in [0.717, 1.165) is 19.3 Å². The lowest BCUT2D eigenvalue weighted by Gasteiger charge is -2.06. The van der Waals surface area contributed by atoms with E-state index in [1.807, 2.05) is 6.08 Å². The number of nitrogens with two attached hydrogens (primary N) is 1. The van der Waals surface area contributed by atoms with Gasteiger partial charge >= 0.3 is 5.97 Å². The van der Waals surface area contributed by atoms with E-state index < -0.39 is 0 Å². The molecule has 0 aromatic heterocycles. The van der Waals surface area contributed by atoms with Crippen molar-refractivity contribution in [2.75, 3.05) is 13.2 Å². The van der Waals surface area contributed by atoms with Gasteiger partial charge in [-0.2, -0.15) is 0 Å². The number of carbonyl (C=O) groups is 1. The Kier molecular flexibility index (Phi) is 9.72. The second kappa shape index (κ2) is 10.4. The van der Waals surface area contributed by atoms with Crippen molar-refractivity contribution in [1.82, 2.24) is 0 Å². The molecule has 0 aliphatic heterocycles. The lowest BCUT2D eigenvalue weighted by Crippen LogP contribution is -2.09. The van der Waals surface area contributed by atoms with Gasteiger partial charge in [-0.15, -0.1) is 0 Å². The highest BCUT2D eigenvalue weighted by Crippen LogP contribution is 2.09. The average Bonchev–Trinajstić information content (AvgIpc) is 2.26. The van der Waals surface area contributed by atoms with E-state index in [1.54, 1.807) is 6.08 Å². The lowest BCUT2D eigenvalue weighted by molar-refractivity contribution is -0.143. The second-order valence-electron chi connectivity index (χ2n) is 3.85. The van der Waals surface area contributed by atoms with Gasteiger partial charge in [0.05, 0.1) is 6.61 Å². The summed E-state index contributed by atoms with van der Waals surface area (Å²) in [6.45, 7) is 6.75. The molecule has 0 fully saturated rings. The van der Waals surface area contributed by atoms with Crippen LogP contribution in [0.25, 0.3) is 0 Å². The molecular weight excluding hydrogens is 202 g/mol. The van der Waals surface area contributed by atoms with Gasteiger partial charge < -0.3 is 10.5 Å². The summed E-state index contributed by atoms with van der Waals surface area (Å²) in [4.78, 5) is 11.2. The van der Waals surface area contributed by atoms with E-state index in [1.165, 1.54) is 0 Å². The predicted octanol–water partition coefficient (Wildman–Crippen LogP) is 2.43. The van der Waals surface area contributed by atoms with Crippen molar-refractivity contribution in [3.05, 3.63) is 24.8 Å². The van der Waals surface area contributed by atoms with Gasteiger partial charge in [-0.25, -0.2) is 0 Å². The van der Waals surface area contributed by atoms with Gasteiger partial charge in [0.25, 0.3) is 0 Å². The molecule has 2 N–H and O–H groups in total. The number of hydrogen-bond donors (Lipinski definition) is 1. The van der Waals surface area contributed by atoms with Crippen molar-refractivity contribution in [3.63, 3.8) is 0 Å². The molecule has 0 saturated heterocycles. The summed E-state index contributed by atoms with van der Waals surface area (Å²) < 4.78 is 4.99. The molecule has 92 valence electrons. The smallest absolute Gasteiger partial charge is 0.305 e. The minimum Gasteiger partial charge on any atom is -0.466 e. The topological polar surface area (TPSA) is 52.3 Å². The van der Waals surface area contributed by atoms with Crippen LogP contribution >= 0.6 is 0 Å². The van der Waals surface area contributed by atoms with Crippen LogP contribution in [0.1, 0.15) is 32.6 Å². The van der Waals surface area contributed by atoms with Crippen molar-refractivity contribution in [1.29, 1.82) is 0 Å². The number of carbonyl (C=O) groups excluding carboxylic acids is 1. The van der Waals surface area contributed by atoms with Gasteiger partial charge in [0.15, 0.2) is 0 Å². The van der Waals surface area contributed by atoms with Gasteiger partial charge in [-0.1, -0.05) is 31.7 Å². The van der Waals surface area contributed by atoms with E-state index in [-0.39, 0.29) is 5.97 Å². The van der Waals surface area contributed by atoms with E-state index in [0.29, 0.717) is 25.5 Å². The van der Waals surface area contributed by atoms with E-state index in [2.05, 4.69) is 19.6 Å². The summed E-state index contributed by atoms with van der Waals surface area (Å²) in [6.07, 6.45) is 8.88. The second-order valence-corrected chi connectivity index (χ2v) is 3.85.